The van der Waals surface area contributed by atoms with E-state index in [1.54, 1.807) is 18.2 Å². The molecule has 0 aliphatic carbocycles. The average Bonchev–Trinajstić information content (AvgIpc) is 3.11. The van der Waals surface area contributed by atoms with Gasteiger partial charge in [0.25, 0.3) is 0 Å². The monoisotopic (exact) mass is 373 g/mol. The molecular formula is C19H20ClN3O3. The molecule has 0 bridgehead atoms. The van der Waals surface area contributed by atoms with E-state index in [9.17, 15) is 9.59 Å². The number of benzene rings is 2. The summed E-state index contributed by atoms with van der Waals surface area (Å²) < 4.78 is 5.50. The number of nitrogens with one attached hydrogen (secondary N) is 3. The topological polar surface area (TPSA) is 79.5 Å². The molecule has 1 aliphatic rings. The first-order chi connectivity index (χ1) is 12.5. The molecule has 0 spiro atoms. The van der Waals surface area contributed by atoms with E-state index in [-0.39, 0.29) is 24.9 Å². The summed E-state index contributed by atoms with van der Waals surface area (Å²) in [5.41, 5.74) is 3.38. The van der Waals surface area contributed by atoms with E-state index in [0.29, 0.717) is 17.3 Å². The zero-order chi connectivity index (χ0) is 18.5. The molecule has 7 heteroatoms. The summed E-state index contributed by atoms with van der Waals surface area (Å²) >= 11 is 6.03. The molecule has 0 fully saturated rings. The predicted octanol–water partition coefficient (Wildman–Crippen LogP) is 2.75. The zero-order valence-electron chi connectivity index (χ0n) is 14.4. The van der Waals surface area contributed by atoms with Crippen molar-refractivity contribution in [2.24, 2.45) is 0 Å². The van der Waals surface area contributed by atoms with Crippen LogP contribution in [0, 0.1) is 6.92 Å². The van der Waals surface area contributed by atoms with Gasteiger partial charge in [-0.3, -0.25) is 9.59 Å². The molecule has 26 heavy (non-hydrogen) atoms. The Labute approximate surface area is 156 Å². The molecule has 6 nitrogen and oxygen atoms in total. The summed E-state index contributed by atoms with van der Waals surface area (Å²) in [5.74, 6) is 0.281. The molecule has 2 amide bonds. The van der Waals surface area contributed by atoms with Gasteiger partial charge in [0.15, 0.2) is 0 Å². The van der Waals surface area contributed by atoms with Gasteiger partial charge in [0, 0.05) is 28.4 Å². The lowest BCUT2D eigenvalue weighted by molar-refractivity contribution is -0.122. The highest BCUT2D eigenvalue weighted by Crippen LogP contribution is 2.31. The van der Waals surface area contributed by atoms with Crippen LogP contribution in [-0.2, 0) is 16.0 Å². The second-order valence-electron chi connectivity index (χ2n) is 5.97. The second kappa shape index (κ2) is 8.10. The summed E-state index contributed by atoms with van der Waals surface area (Å²) in [6, 6.07) is 11.0. The molecule has 0 aromatic heterocycles. The van der Waals surface area contributed by atoms with Crippen LogP contribution in [0.3, 0.4) is 0 Å². The quantitative estimate of drug-likeness (QED) is 0.727. The Bertz CT molecular complexity index is 839. The number of ether oxygens (including phenoxy) is 1. The third-order valence-corrected chi connectivity index (χ3v) is 4.58. The third kappa shape index (κ3) is 4.26. The molecule has 0 saturated heterocycles. The highest BCUT2D eigenvalue weighted by Gasteiger charge is 2.16. The fourth-order valence-electron chi connectivity index (χ4n) is 2.74. The van der Waals surface area contributed by atoms with E-state index in [1.807, 2.05) is 25.1 Å². The molecule has 1 aliphatic heterocycles. The second-order valence-corrected chi connectivity index (χ2v) is 6.38. The van der Waals surface area contributed by atoms with Crippen molar-refractivity contribution in [3.05, 3.63) is 52.5 Å². The third-order valence-electron chi connectivity index (χ3n) is 4.17. The molecule has 2 aromatic rings. The van der Waals surface area contributed by atoms with E-state index >= 15 is 0 Å². The first-order valence-corrected chi connectivity index (χ1v) is 8.72. The summed E-state index contributed by atoms with van der Waals surface area (Å²) in [6.07, 6.45) is 0.821. The van der Waals surface area contributed by atoms with Gasteiger partial charge in [-0.1, -0.05) is 23.7 Å². The molecule has 2 aromatic carbocycles. The molecule has 136 valence electrons. The lowest BCUT2D eigenvalue weighted by Gasteiger charge is -2.12. The van der Waals surface area contributed by atoms with Crippen LogP contribution in [0.25, 0.3) is 0 Å². The highest BCUT2D eigenvalue weighted by molar-refractivity contribution is 6.31. The number of anilines is 2. The number of fused-ring (bicyclic) bond motifs is 1. The lowest BCUT2D eigenvalue weighted by Crippen LogP contribution is -2.36. The minimum absolute atomic E-state index is 0.0833. The first kappa shape index (κ1) is 18.1. The number of hydrogen-bond donors (Lipinski definition) is 3. The van der Waals surface area contributed by atoms with Gasteiger partial charge in [-0.15, -0.1) is 0 Å². The smallest absolute Gasteiger partial charge is 0.243 e. The molecule has 3 N–H and O–H groups in total. The first-order valence-electron chi connectivity index (χ1n) is 8.35. The summed E-state index contributed by atoms with van der Waals surface area (Å²) in [5, 5.41) is 9.01. The van der Waals surface area contributed by atoms with Crippen LogP contribution in [0.5, 0.6) is 5.75 Å². The van der Waals surface area contributed by atoms with Crippen molar-refractivity contribution in [2.75, 3.05) is 30.3 Å². The van der Waals surface area contributed by atoms with Crippen molar-refractivity contribution in [1.29, 1.82) is 0 Å². The van der Waals surface area contributed by atoms with Crippen LogP contribution in [-0.4, -0.2) is 31.5 Å². The fourth-order valence-corrected chi connectivity index (χ4v) is 2.92. The lowest BCUT2D eigenvalue weighted by atomic mass is 10.1. The van der Waals surface area contributed by atoms with Crippen molar-refractivity contribution < 1.29 is 14.3 Å². The summed E-state index contributed by atoms with van der Waals surface area (Å²) in [4.78, 5) is 24.0. The Kier molecular flexibility index (Phi) is 5.63. The van der Waals surface area contributed by atoms with Crippen LogP contribution in [0.15, 0.2) is 36.4 Å². The average molecular weight is 374 g/mol. The van der Waals surface area contributed by atoms with Gasteiger partial charge < -0.3 is 20.7 Å². The Morgan fingerprint density at radius 2 is 1.85 bits per heavy atom. The van der Waals surface area contributed by atoms with E-state index in [1.165, 1.54) is 0 Å². The Balaban J connectivity index is 1.46. The van der Waals surface area contributed by atoms with Crippen molar-refractivity contribution in [3.63, 3.8) is 0 Å². The number of rotatable bonds is 6. The molecule has 1 heterocycles. The molecule has 0 unspecified atom stereocenters. The van der Waals surface area contributed by atoms with Gasteiger partial charge >= 0.3 is 0 Å². The van der Waals surface area contributed by atoms with Crippen molar-refractivity contribution in [2.45, 2.75) is 13.3 Å². The van der Waals surface area contributed by atoms with Crippen molar-refractivity contribution in [1.82, 2.24) is 5.32 Å². The number of carbonyl (C=O) groups is 2. The standard InChI is InChI=1S/C19H20ClN3O3/c1-12-14(20)4-2-5-15(12)23-19(25)11-22-18(24)10-21-16-6-3-7-17-13(16)8-9-26-17/h2-7,21H,8-11H2,1H3,(H,22,24)(H,23,25). The van der Waals surface area contributed by atoms with Gasteiger partial charge in [-0.25, -0.2) is 0 Å². The van der Waals surface area contributed by atoms with Crippen molar-refractivity contribution >= 4 is 34.8 Å². The predicted molar refractivity (Wildman–Crippen MR) is 102 cm³/mol. The minimum Gasteiger partial charge on any atom is -0.493 e. The normalized spacial score (nSPS) is 12.1. The van der Waals surface area contributed by atoms with Gasteiger partial charge in [0.05, 0.1) is 19.7 Å². The van der Waals surface area contributed by atoms with Gasteiger partial charge in [-0.05, 0) is 36.8 Å². The van der Waals surface area contributed by atoms with Crippen molar-refractivity contribution in [3.8, 4) is 5.75 Å². The Hall–Kier alpha value is -2.73. The maximum absolute atomic E-state index is 12.0. The van der Waals surface area contributed by atoms with Gasteiger partial charge in [0.1, 0.15) is 5.75 Å². The Morgan fingerprint density at radius 3 is 2.69 bits per heavy atom. The van der Waals surface area contributed by atoms with Crippen LogP contribution in [0.1, 0.15) is 11.1 Å². The summed E-state index contributed by atoms with van der Waals surface area (Å²) in [6.45, 7) is 2.45. The van der Waals surface area contributed by atoms with Gasteiger partial charge in [-0.2, -0.15) is 0 Å². The van der Waals surface area contributed by atoms with Crippen LogP contribution >= 0.6 is 11.6 Å². The Morgan fingerprint density at radius 1 is 1.08 bits per heavy atom. The number of hydrogen-bond acceptors (Lipinski definition) is 4. The zero-order valence-corrected chi connectivity index (χ0v) is 15.2. The SMILES string of the molecule is Cc1c(Cl)cccc1NC(=O)CNC(=O)CNc1cccc2c1CCO2. The molecule has 0 radical (unpaired) electrons. The maximum Gasteiger partial charge on any atom is 0.243 e. The fraction of sp³-hybridized carbons (Fsp3) is 0.263. The van der Waals surface area contributed by atoms with Crippen LogP contribution in [0.4, 0.5) is 11.4 Å². The van der Waals surface area contributed by atoms with Crippen LogP contribution in [0.2, 0.25) is 5.02 Å². The minimum atomic E-state index is -0.308. The van der Waals surface area contributed by atoms with Gasteiger partial charge in [0.2, 0.25) is 11.8 Å². The maximum atomic E-state index is 12.0. The van der Waals surface area contributed by atoms with E-state index in [4.69, 9.17) is 16.3 Å². The molecule has 3 rings (SSSR count). The largest absolute Gasteiger partial charge is 0.493 e. The van der Waals surface area contributed by atoms with E-state index < -0.39 is 0 Å². The summed E-state index contributed by atoms with van der Waals surface area (Å²) in [7, 11) is 0. The molecule has 0 atom stereocenters. The highest BCUT2D eigenvalue weighted by atomic mass is 35.5. The molecule has 0 saturated carbocycles. The van der Waals surface area contributed by atoms with E-state index in [0.717, 1.165) is 29.0 Å². The van der Waals surface area contributed by atoms with Crippen LogP contribution < -0.4 is 20.7 Å². The molecular weight excluding hydrogens is 354 g/mol. The number of halogens is 1. The van der Waals surface area contributed by atoms with E-state index in [2.05, 4.69) is 16.0 Å². The number of carbonyl (C=O) groups excluding carboxylic acids is 2. The number of amides is 2.